The van der Waals surface area contributed by atoms with E-state index in [1.807, 2.05) is 0 Å². The van der Waals surface area contributed by atoms with Gasteiger partial charge >= 0.3 is 5.97 Å². The van der Waals surface area contributed by atoms with Crippen LogP contribution in [0.25, 0.3) is 0 Å². The number of aliphatic hydroxyl groups excluding tert-OH is 1. The summed E-state index contributed by atoms with van der Waals surface area (Å²) in [6.07, 6.45) is 0.400. The molecule has 186 valence electrons. The normalized spacial score (nSPS) is 19.9. The summed E-state index contributed by atoms with van der Waals surface area (Å²) < 4.78 is 4.57. The van der Waals surface area contributed by atoms with Crippen LogP contribution in [0, 0.1) is 0 Å². The molecule has 0 spiro atoms. The Morgan fingerprint density at radius 1 is 1.40 bits per heavy atom. The molecule has 2 atom stereocenters. The Hall–Kier alpha value is -2.80. The van der Waals surface area contributed by atoms with Gasteiger partial charge in [-0.05, 0) is 5.57 Å². The topological polar surface area (TPSA) is 206 Å². The van der Waals surface area contributed by atoms with Gasteiger partial charge in [0.2, 0.25) is 11.5 Å². The van der Waals surface area contributed by atoms with Crippen molar-refractivity contribution in [3.05, 3.63) is 22.1 Å². The highest BCUT2D eigenvalue weighted by Crippen LogP contribution is 2.41. The van der Waals surface area contributed by atoms with Crippen LogP contribution in [0.15, 0.2) is 20.8 Å². The summed E-state index contributed by atoms with van der Waals surface area (Å²) in [6.45, 7) is -0.0341. The number of amides is 2. The molecule has 2 aliphatic rings. The van der Waals surface area contributed by atoms with Gasteiger partial charge in [0.25, 0.3) is 11.8 Å². The first-order valence-electron chi connectivity index (χ1n) is 9.81. The third-order valence-electron chi connectivity index (χ3n) is 4.73. The molecule has 4 rings (SSSR count). The number of nitrogens with two attached hydrogens (primary N) is 1. The molecule has 2 aromatic rings. The summed E-state index contributed by atoms with van der Waals surface area (Å²) in [5.41, 5.74) is 5.77. The molecule has 1 unspecified atom stereocenters. The van der Waals surface area contributed by atoms with Crippen LogP contribution in [0.4, 0.5) is 5.13 Å². The number of aliphatic hydroxyl groups is 1. The number of carbonyl (C=O) groups excluding carboxylic acids is 2. The second-order valence-corrected chi connectivity index (χ2v) is 11.1. The smallest absolute Gasteiger partial charge is 0.352 e. The van der Waals surface area contributed by atoms with Crippen LogP contribution in [-0.4, -0.2) is 94.8 Å². The van der Waals surface area contributed by atoms with E-state index in [0.717, 1.165) is 11.5 Å². The molecule has 0 aromatic carbocycles. The van der Waals surface area contributed by atoms with E-state index < -0.39 is 29.2 Å². The Morgan fingerprint density at radius 2 is 2.20 bits per heavy atom. The minimum atomic E-state index is -1.23. The number of carboxylic acid groups (broad SMARTS) is 1. The highest BCUT2D eigenvalue weighted by Gasteiger charge is 2.54. The van der Waals surface area contributed by atoms with Crippen LogP contribution in [0.2, 0.25) is 0 Å². The quantitative estimate of drug-likeness (QED) is 0.124. The summed E-state index contributed by atoms with van der Waals surface area (Å²) in [4.78, 5) is 47.5. The highest BCUT2D eigenvalue weighted by molar-refractivity contribution is 8.01. The number of hydrogen-bond donors (Lipinski definition) is 4. The van der Waals surface area contributed by atoms with Crippen LogP contribution in [-0.2, 0) is 25.6 Å². The van der Waals surface area contributed by atoms with Gasteiger partial charge in [0.1, 0.15) is 29.2 Å². The molecule has 35 heavy (non-hydrogen) atoms. The summed E-state index contributed by atoms with van der Waals surface area (Å²) in [7, 11) is 1.24. The minimum Gasteiger partial charge on any atom is -0.477 e. The molecule has 0 aliphatic carbocycles. The lowest BCUT2D eigenvalue weighted by atomic mass is 10.0. The van der Waals surface area contributed by atoms with Crippen LogP contribution < -0.4 is 11.1 Å². The number of anilines is 1. The van der Waals surface area contributed by atoms with Gasteiger partial charge in [0, 0.05) is 36.1 Å². The summed E-state index contributed by atoms with van der Waals surface area (Å²) in [5, 5.41) is 33.3. The van der Waals surface area contributed by atoms with Crippen LogP contribution >= 0.6 is 46.4 Å². The summed E-state index contributed by atoms with van der Waals surface area (Å²) in [5.74, 6) is -1.93. The van der Waals surface area contributed by atoms with Gasteiger partial charge in [0.05, 0.1) is 0 Å². The lowest BCUT2D eigenvalue weighted by Crippen LogP contribution is -2.71. The van der Waals surface area contributed by atoms with E-state index in [0.29, 0.717) is 32.8 Å². The third-order valence-corrected chi connectivity index (χ3v) is 8.82. The third kappa shape index (κ3) is 5.25. The number of thioether (sulfide) groups is 2. The predicted octanol–water partition coefficient (Wildman–Crippen LogP) is -0.612. The van der Waals surface area contributed by atoms with Crippen molar-refractivity contribution >= 4 is 75.0 Å². The predicted molar refractivity (Wildman–Crippen MR) is 129 cm³/mol. The molecule has 0 radical (unpaired) electrons. The van der Waals surface area contributed by atoms with Gasteiger partial charge in [-0.1, -0.05) is 28.3 Å². The zero-order valence-electron chi connectivity index (χ0n) is 17.9. The standard InChI is InChI=1S/C17H18N8O6S4/c1-31-23-8(11-20-16(18)35-24-11)12(27)19-9-13(28)25-10(15(29)30)6(4-32-14(9)25)5-33-17-22-21-7(34-17)2-3-26/h9,14,26H,2-5H2,1H3,(H,19,27)(H,29,30)(H2,18,20,24)/t9?,14-/m1/s1. The number of carboxylic acids is 1. The molecule has 0 bridgehead atoms. The van der Waals surface area contributed by atoms with E-state index in [1.54, 1.807) is 0 Å². The molecular formula is C17H18N8O6S4. The first kappa shape index (κ1) is 25.3. The van der Waals surface area contributed by atoms with Crippen molar-refractivity contribution in [2.45, 2.75) is 22.2 Å². The molecule has 2 amide bonds. The number of aliphatic carboxylic acids is 1. The number of nitrogens with zero attached hydrogens (tertiary/aromatic N) is 6. The fraction of sp³-hybridized carbons (Fsp3) is 0.412. The molecule has 0 saturated carbocycles. The largest absolute Gasteiger partial charge is 0.477 e. The number of hydrogen-bond acceptors (Lipinski definition) is 15. The van der Waals surface area contributed by atoms with Crippen molar-refractivity contribution in [1.29, 1.82) is 0 Å². The maximum atomic E-state index is 12.9. The van der Waals surface area contributed by atoms with Gasteiger partial charge in [-0.3, -0.25) is 14.5 Å². The van der Waals surface area contributed by atoms with Crippen molar-refractivity contribution in [3.8, 4) is 0 Å². The molecule has 4 heterocycles. The number of nitrogen functional groups attached to an aromatic ring is 1. The lowest BCUT2D eigenvalue weighted by Gasteiger charge is -2.49. The Morgan fingerprint density at radius 3 is 2.86 bits per heavy atom. The second-order valence-electron chi connectivity index (χ2n) is 6.92. The molecule has 1 saturated heterocycles. The van der Waals surface area contributed by atoms with Crippen molar-refractivity contribution in [1.82, 2.24) is 29.8 Å². The van der Waals surface area contributed by atoms with Crippen LogP contribution in [0.1, 0.15) is 10.8 Å². The van der Waals surface area contributed by atoms with Gasteiger partial charge in [-0.25, -0.2) is 4.79 Å². The van der Waals surface area contributed by atoms with Crippen LogP contribution in [0.3, 0.4) is 0 Å². The number of aromatic nitrogens is 4. The lowest BCUT2D eigenvalue weighted by molar-refractivity contribution is -0.150. The first-order chi connectivity index (χ1) is 16.8. The monoisotopic (exact) mass is 558 g/mol. The van der Waals surface area contributed by atoms with E-state index >= 15 is 0 Å². The summed E-state index contributed by atoms with van der Waals surface area (Å²) >= 11 is 4.85. The highest BCUT2D eigenvalue weighted by atomic mass is 32.2. The SMILES string of the molecule is CON=C(C(=O)NC1C(=O)N2C(C(=O)O)=C(CSc3nnc(CCO)s3)CS[C@H]12)c1nsc(N)n1. The van der Waals surface area contributed by atoms with Crippen molar-refractivity contribution in [2.24, 2.45) is 5.16 Å². The summed E-state index contributed by atoms with van der Waals surface area (Å²) in [6, 6.07) is -0.960. The zero-order valence-corrected chi connectivity index (χ0v) is 21.2. The first-order valence-corrected chi connectivity index (χ1v) is 13.4. The molecule has 18 heteroatoms. The van der Waals surface area contributed by atoms with Crippen molar-refractivity contribution in [3.63, 3.8) is 0 Å². The second kappa shape index (κ2) is 10.9. The van der Waals surface area contributed by atoms with Gasteiger partial charge < -0.3 is 26.1 Å². The fourth-order valence-electron chi connectivity index (χ4n) is 3.25. The molecule has 5 N–H and O–H groups in total. The minimum absolute atomic E-state index is 0.0341. The molecule has 2 aliphatic heterocycles. The Balaban J connectivity index is 1.46. The number of carbonyl (C=O) groups is 3. The zero-order chi connectivity index (χ0) is 25.1. The fourth-order valence-corrected chi connectivity index (χ4v) is 7.06. The van der Waals surface area contributed by atoms with E-state index in [2.05, 4.69) is 30.0 Å². The van der Waals surface area contributed by atoms with Crippen molar-refractivity contribution < 1.29 is 29.4 Å². The van der Waals surface area contributed by atoms with Crippen LogP contribution in [0.5, 0.6) is 0 Å². The molecule has 14 nitrogen and oxygen atoms in total. The number of nitrogens with one attached hydrogen (secondary N) is 1. The number of oxime groups is 1. The Labute approximate surface area is 214 Å². The molecular weight excluding hydrogens is 541 g/mol. The average molecular weight is 559 g/mol. The maximum absolute atomic E-state index is 12.9. The Bertz CT molecular complexity index is 1210. The number of fused-ring (bicyclic) bond motifs is 1. The average Bonchev–Trinajstić information content (AvgIpc) is 3.47. The van der Waals surface area contributed by atoms with E-state index in [4.69, 9.17) is 15.7 Å². The van der Waals surface area contributed by atoms with Gasteiger partial charge in [-0.2, -0.15) is 9.36 Å². The maximum Gasteiger partial charge on any atom is 0.352 e. The molecule has 1 fully saturated rings. The number of rotatable bonds is 10. The van der Waals surface area contributed by atoms with Gasteiger partial charge in [-0.15, -0.1) is 22.0 Å². The van der Waals surface area contributed by atoms with E-state index in [9.17, 15) is 19.5 Å². The van der Waals surface area contributed by atoms with Gasteiger partial charge in [0.15, 0.2) is 9.47 Å². The van der Waals surface area contributed by atoms with Crippen molar-refractivity contribution in [2.75, 3.05) is 31.0 Å². The van der Waals surface area contributed by atoms with E-state index in [1.165, 1.54) is 46.9 Å². The number of β-lactam (4-membered cyclic amide) rings is 1. The van der Waals surface area contributed by atoms with E-state index in [-0.39, 0.29) is 29.0 Å². The Kier molecular flexibility index (Phi) is 7.85. The molecule has 2 aromatic heterocycles.